The highest BCUT2D eigenvalue weighted by Gasteiger charge is 2.21. The van der Waals surface area contributed by atoms with Gasteiger partial charge in [-0.2, -0.15) is 0 Å². The second kappa shape index (κ2) is 61.2. The maximum Gasteiger partial charge on any atom is 0.469 e. The molecule has 0 bridgehead atoms. The summed E-state index contributed by atoms with van der Waals surface area (Å²) in [5.74, 6) is 12.3. The van der Waals surface area contributed by atoms with Gasteiger partial charge in [0, 0.05) is 26.4 Å². The molecule has 0 aromatic rings. The van der Waals surface area contributed by atoms with Gasteiger partial charge in [-0.15, -0.1) is 0 Å². The summed E-state index contributed by atoms with van der Waals surface area (Å²) in [6.07, 6.45) is 57.2. The van der Waals surface area contributed by atoms with E-state index < -0.39 is 13.9 Å². The first-order chi connectivity index (χ1) is 45.8. The Morgan fingerprint density at radius 2 is 0.427 bits per heavy atom. The first-order valence-electron chi connectivity index (χ1n) is 42.5. The Bertz CT molecular complexity index is 1710. The fourth-order valence-corrected chi connectivity index (χ4v) is 15.9. The van der Waals surface area contributed by atoms with E-state index in [4.69, 9.17) is 23.5 Å². The van der Waals surface area contributed by atoms with Crippen molar-refractivity contribution >= 4 is 7.82 Å². The van der Waals surface area contributed by atoms with Crippen LogP contribution in [-0.4, -0.2) is 80.0 Å². The first kappa shape index (κ1) is 93.9. The molecular formula is C86H173O9P. The Morgan fingerprint density at radius 3 is 0.625 bits per heavy atom. The Labute approximate surface area is 600 Å². The molecule has 576 valence electrons. The highest BCUT2D eigenvalue weighted by Crippen LogP contribution is 2.36. The number of hydrogen-bond donors (Lipinski definition) is 3. The smallest absolute Gasteiger partial charge is 0.394 e. The number of rotatable bonds is 4. The van der Waals surface area contributed by atoms with E-state index in [1.807, 2.05) is 0 Å². The summed E-state index contributed by atoms with van der Waals surface area (Å²) in [5.41, 5.74) is 0. The lowest BCUT2D eigenvalue weighted by Gasteiger charge is -2.21. The zero-order valence-corrected chi connectivity index (χ0v) is 68.3. The molecule has 0 aromatic heterocycles. The monoisotopic (exact) mass is 1380 g/mol. The molecule has 1 fully saturated rings. The Balaban J connectivity index is 2.59. The summed E-state index contributed by atoms with van der Waals surface area (Å²) in [6, 6.07) is 0. The van der Waals surface area contributed by atoms with Crippen molar-refractivity contribution in [2.24, 2.45) is 94.7 Å². The van der Waals surface area contributed by atoms with Crippen LogP contribution < -0.4 is 0 Å². The maximum absolute atomic E-state index is 11.6. The Morgan fingerprint density at radius 1 is 0.260 bits per heavy atom. The number of phosphoric ester groups is 1. The topological polar surface area (TPSA) is 124 Å². The molecule has 9 nitrogen and oxygen atoms in total. The van der Waals surface area contributed by atoms with E-state index in [0.29, 0.717) is 50.1 Å². The van der Waals surface area contributed by atoms with Crippen molar-refractivity contribution in [1.82, 2.24) is 0 Å². The summed E-state index contributed by atoms with van der Waals surface area (Å²) in [5, 5.41) is 10.0. The normalized spacial score (nSPS) is 35.2. The molecule has 1 aliphatic rings. The van der Waals surface area contributed by atoms with Crippen LogP contribution in [0.3, 0.4) is 0 Å². The van der Waals surface area contributed by atoms with Gasteiger partial charge in [-0.05, 0) is 120 Å². The summed E-state index contributed by atoms with van der Waals surface area (Å²) < 4.78 is 40.9. The van der Waals surface area contributed by atoms with Gasteiger partial charge in [0.15, 0.2) is 0 Å². The van der Waals surface area contributed by atoms with E-state index in [2.05, 4.69) is 111 Å². The molecule has 0 aliphatic carbocycles. The summed E-state index contributed by atoms with van der Waals surface area (Å²) >= 11 is 0. The van der Waals surface area contributed by atoms with E-state index in [-0.39, 0.29) is 25.9 Å². The highest BCUT2D eigenvalue weighted by molar-refractivity contribution is 7.46. The molecule has 1 heterocycles. The standard InChI is InChI=1S/C86H173O9P/c1-69-29-17-33-73(5)41-25-49-81(13)57-61-91-66-85(65-87)93-63-59-83(15)51-27-43-75(7)35-19-31-71(3)39-23-47-79(11)55-53-78(10)46-22-38-70(2)30-18-34-74(6)42-26-50-82(14)58-62-92-67-86(68-95-96(88,89)90)94-64-60-84(16)52-28-44-76(8)36-20-32-72(4)40-24-48-80(12)56-54-77(9)45-21-37-69/h69-87H,17-68H2,1-16H3,(H2,88,89,90). The molecule has 0 spiro atoms. The van der Waals surface area contributed by atoms with Crippen LogP contribution in [0.5, 0.6) is 0 Å². The van der Waals surface area contributed by atoms with Gasteiger partial charge in [-0.1, -0.05) is 368 Å². The van der Waals surface area contributed by atoms with Crippen molar-refractivity contribution in [3.8, 4) is 0 Å². The zero-order valence-electron chi connectivity index (χ0n) is 67.4. The van der Waals surface area contributed by atoms with Crippen molar-refractivity contribution in [2.45, 2.75) is 406 Å². The number of hydrogen-bond acceptors (Lipinski definition) is 7. The summed E-state index contributed by atoms with van der Waals surface area (Å²) in [6.45, 7) is 42.5. The Kier molecular flexibility index (Phi) is 59.9. The predicted octanol–water partition coefficient (Wildman–Crippen LogP) is 26.2. The van der Waals surface area contributed by atoms with Crippen molar-refractivity contribution in [3.05, 3.63) is 0 Å². The minimum absolute atomic E-state index is 0.0353. The fraction of sp³-hybridized carbons (Fsp3) is 1.00. The van der Waals surface area contributed by atoms with Crippen molar-refractivity contribution in [2.75, 3.05) is 52.9 Å². The lowest BCUT2D eigenvalue weighted by Crippen LogP contribution is -2.26. The average Bonchev–Trinajstić information content (AvgIpc) is 3.38. The molecule has 0 saturated carbocycles. The quantitative estimate of drug-likeness (QED) is 0.236. The predicted molar refractivity (Wildman–Crippen MR) is 416 cm³/mol. The summed E-state index contributed by atoms with van der Waals surface area (Å²) in [7, 11) is -4.59. The van der Waals surface area contributed by atoms with Gasteiger partial charge in [0.1, 0.15) is 12.2 Å². The average molecular weight is 1380 g/mol. The number of aliphatic hydroxyl groups excluding tert-OH is 1. The lowest BCUT2D eigenvalue weighted by molar-refractivity contribution is -0.0471. The van der Waals surface area contributed by atoms with E-state index in [1.54, 1.807) is 0 Å². The molecule has 10 heteroatoms. The van der Waals surface area contributed by atoms with Crippen LogP contribution in [0, 0.1) is 94.7 Å². The minimum Gasteiger partial charge on any atom is -0.394 e. The molecule has 1 aliphatic heterocycles. The lowest BCUT2D eigenvalue weighted by atomic mass is 9.88. The van der Waals surface area contributed by atoms with Crippen LogP contribution in [0.2, 0.25) is 0 Å². The van der Waals surface area contributed by atoms with Gasteiger partial charge in [-0.3, -0.25) is 4.52 Å². The molecule has 96 heavy (non-hydrogen) atoms. The number of aliphatic hydroxyl groups is 1. The van der Waals surface area contributed by atoms with Crippen molar-refractivity contribution in [3.63, 3.8) is 0 Å². The van der Waals surface area contributed by atoms with Crippen molar-refractivity contribution < 1.29 is 42.9 Å². The SMILES string of the molecule is CC1CCCC(C)CCCC(C)CCC(C)CCCC(C)CCCC(C)CCCC(C)CCOC(COP(=O)(O)O)COCCC(C)CCCC(C)CCCC(C)CCCC(C)CCC(C)CCCC(C)CCCC(C)CCCC(C)CCOC(CO)COCCC(C)CCC1. The van der Waals surface area contributed by atoms with Crippen LogP contribution in [0.1, 0.15) is 393 Å². The third-order valence-corrected chi connectivity index (χ3v) is 24.2. The molecular weight excluding hydrogens is 1210 g/mol. The van der Waals surface area contributed by atoms with E-state index in [0.717, 1.165) is 103 Å². The van der Waals surface area contributed by atoms with E-state index >= 15 is 0 Å². The van der Waals surface area contributed by atoms with E-state index in [1.165, 1.54) is 257 Å². The second-order valence-electron chi connectivity index (χ2n) is 35.3. The molecule has 0 amide bonds. The molecule has 1 saturated heterocycles. The van der Waals surface area contributed by atoms with Crippen LogP contribution >= 0.6 is 7.82 Å². The minimum atomic E-state index is -4.59. The maximum atomic E-state index is 11.6. The molecule has 0 radical (unpaired) electrons. The van der Waals surface area contributed by atoms with Gasteiger partial charge in [0.05, 0.1) is 26.4 Å². The number of ether oxygens (including phenoxy) is 4. The van der Waals surface area contributed by atoms with Gasteiger partial charge < -0.3 is 33.8 Å². The Hall–Kier alpha value is -0.0900. The molecule has 1 rings (SSSR count). The first-order valence-corrected chi connectivity index (χ1v) is 44.0. The van der Waals surface area contributed by atoms with Gasteiger partial charge in [0.2, 0.25) is 0 Å². The van der Waals surface area contributed by atoms with Gasteiger partial charge >= 0.3 is 7.82 Å². The largest absolute Gasteiger partial charge is 0.469 e. The van der Waals surface area contributed by atoms with Crippen molar-refractivity contribution in [1.29, 1.82) is 0 Å². The van der Waals surface area contributed by atoms with Crippen LogP contribution in [0.15, 0.2) is 0 Å². The molecule has 18 atom stereocenters. The second-order valence-corrected chi connectivity index (χ2v) is 36.5. The van der Waals surface area contributed by atoms with Crippen LogP contribution in [-0.2, 0) is 28.0 Å². The van der Waals surface area contributed by atoms with Gasteiger partial charge in [0.25, 0.3) is 0 Å². The zero-order chi connectivity index (χ0) is 71.2. The third-order valence-electron chi connectivity index (χ3n) is 23.7. The molecule has 3 N–H and O–H groups in total. The molecule has 0 aromatic carbocycles. The molecule has 18 unspecified atom stereocenters. The fourth-order valence-electron chi connectivity index (χ4n) is 15.6. The number of phosphoric acid groups is 1. The highest BCUT2D eigenvalue weighted by atomic mass is 31.2. The van der Waals surface area contributed by atoms with Crippen LogP contribution in [0.25, 0.3) is 0 Å². The van der Waals surface area contributed by atoms with Crippen LogP contribution in [0.4, 0.5) is 0 Å². The third kappa shape index (κ3) is 60.3. The van der Waals surface area contributed by atoms with Gasteiger partial charge in [-0.25, -0.2) is 4.57 Å². The van der Waals surface area contributed by atoms with E-state index in [9.17, 15) is 19.5 Å². The summed E-state index contributed by atoms with van der Waals surface area (Å²) in [4.78, 5) is 18.9.